The van der Waals surface area contributed by atoms with Crippen LogP contribution in [0.5, 0.6) is 0 Å². The van der Waals surface area contributed by atoms with Crippen LogP contribution in [-0.4, -0.2) is 28.5 Å². The van der Waals surface area contributed by atoms with E-state index < -0.39 is 0 Å². The van der Waals surface area contributed by atoms with Gasteiger partial charge in [0.25, 0.3) is 0 Å². The van der Waals surface area contributed by atoms with E-state index in [0.717, 1.165) is 59.9 Å². The highest BCUT2D eigenvalue weighted by molar-refractivity contribution is 8.00. The number of anilines is 2. The molecule has 2 amide bonds. The molecule has 6 nitrogen and oxygen atoms in total. The summed E-state index contributed by atoms with van der Waals surface area (Å²) in [5.41, 5.74) is 3.69. The molecule has 0 saturated heterocycles. The lowest BCUT2D eigenvalue weighted by atomic mass is 10.0. The highest BCUT2D eigenvalue weighted by Gasteiger charge is 2.27. The number of nitriles is 1. The number of benzene rings is 2. The first-order valence-electron chi connectivity index (χ1n) is 13.2. The number of thioether (sulfide) groups is 1. The smallest absolute Gasteiger partial charge is 0.238 e. The van der Waals surface area contributed by atoms with Crippen LogP contribution < -0.4 is 10.6 Å². The molecule has 0 radical (unpaired) electrons. The molecule has 2 aromatic carbocycles. The van der Waals surface area contributed by atoms with Crippen LogP contribution in [0.2, 0.25) is 0 Å². The summed E-state index contributed by atoms with van der Waals surface area (Å²) in [5.74, 6) is -0.0991. The predicted molar refractivity (Wildman–Crippen MR) is 156 cm³/mol. The van der Waals surface area contributed by atoms with Gasteiger partial charge in [-0.15, -0.1) is 23.1 Å². The first kappa shape index (κ1) is 27.9. The first-order chi connectivity index (χ1) is 18.5. The molecule has 2 N–H and O–H groups in total. The molecule has 198 valence electrons. The lowest BCUT2D eigenvalue weighted by molar-refractivity contribution is -0.116. The van der Waals surface area contributed by atoms with Crippen LogP contribution in [0.15, 0.2) is 59.5 Å². The first-order valence-corrected chi connectivity index (χ1v) is 14.9. The van der Waals surface area contributed by atoms with Gasteiger partial charge in [-0.1, -0.05) is 56.7 Å². The molecule has 1 unspecified atom stereocenters. The average Bonchev–Trinajstić information content (AvgIpc) is 3.27. The minimum atomic E-state index is -0.318. The minimum absolute atomic E-state index is 0.00631. The van der Waals surface area contributed by atoms with Crippen molar-refractivity contribution in [3.63, 3.8) is 0 Å². The number of hydrogen-bond acceptors (Lipinski definition) is 6. The topological polar surface area (TPSA) is 85.2 Å². The molecule has 1 aliphatic heterocycles. The van der Waals surface area contributed by atoms with Gasteiger partial charge in [0.1, 0.15) is 11.1 Å². The van der Waals surface area contributed by atoms with Crippen LogP contribution in [0.25, 0.3) is 0 Å². The van der Waals surface area contributed by atoms with Crippen molar-refractivity contribution in [2.75, 3.05) is 17.2 Å². The molecule has 1 atom stereocenters. The highest BCUT2D eigenvalue weighted by atomic mass is 32.2. The van der Waals surface area contributed by atoms with E-state index in [1.165, 1.54) is 28.7 Å². The van der Waals surface area contributed by atoms with Crippen molar-refractivity contribution in [3.8, 4) is 6.07 Å². The molecule has 4 rings (SSSR count). The molecule has 1 aliphatic rings. The Bertz CT molecular complexity index is 1300. The number of hydrogen-bond donors (Lipinski definition) is 2. The molecule has 0 fully saturated rings. The molecule has 0 bridgehead atoms. The predicted octanol–water partition coefficient (Wildman–Crippen LogP) is 6.82. The Kier molecular flexibility index (Phi) is 9.99. The van der Waals surface area contributed by atoms with E-state index in [1.54, 1.807) is 0 Å². The molecule has 0 spiro atoms. The summed E-state index contributed by atoms with van der Waals surface area (Å²) in [4.78, 5) is 29.9. The van der Waals surface area contributed by atoms with E-state index >= 15 is 0 Å². The normalized spacial score (nSPS) is 13.8. The van der Waals surface area contributed by atoms with Gasteiger partial charge >= 0.3 is 0 Å². The van der Waals surface area contributed by atoms with E-state index in [4.69, 9.17) is 0 Å². The average molecular weight is 547 g/mol. The second-order valence-electron chi connectivity index (χ2n) is 9.45. The third-order valence-electron chi connectivity index (χ3n) is 6.55. The number of carbonyl (C=O) groups is 2. The zero-order valence-electron chi connectivity index (χ0n) is 22.0. The van der Waals surface area contributed by atoms with Crippen LogP contribution >= 0.6 is 23.1 Å². The quantitative estimate of drug-likeness (QED) is 0.258. The van der Waals surface area contributed by atoms with Crippen molar-refractivity contribution >= 4 is 45.6 Å². The van der Waals surface area contributed by atoms with Crippen molar-refractivity contribution in [2.45, 2.75) is 69.2 Å². The molecular formula is C30H34N4O2S2. The van der Waals surface area contributed by atoms with E-state index in [2.05, 4.69) is 52.8 Å². The molecule has 3 aromatic rings. The molecule has 1 aromatic heterocycles. The van der Waals surface area contributed by atoms with Gasteiger partial charge in [-0.05, 0) is 48.6 Å². The van der Waals surface area contributed by atoms with Crippen LogP contribution in [0.3, 0.4) is 0 Å². The summed E-state index contributed by atoms with van der Waals surface area (Å²) in [6.45, 7) is 6.59. The fourth-order valence-electron chi connectivity index (χ4n) is 4.53. The van der Waals surface area contributed by atoms with Crippen molar-refractivity contribution in [2.24, 2.45) is 0 Å². The Hall–Kier alpha value is -3.12. The SMILES string of the molecule is CCCCC(=O)Nc1cccc(SC(CC)C(=O)Nc2sc3c(c2C#N)CCN(Cc2ccccc2)C3)c1. The number of nitrogens with zero attached hydrogens (tertiary/aromatic N) is 2. The zero-order valence-corrected chi connectivity index (χ0v) is 23.6. The largest absolute Gasteiger partial charge is 0.326 e. The van der Waals surface area contributed by atoms with Gasteiger partial charge in [0.2, 0.25) is 11.8 Å². The lowest BCUT2D eigenvalue weighted by Gasteiger charge is -2.26. The molecule has 0 aliphatic carbocycles. The maximum Gasteiger partial charge on any atom is 0.238 e. The van der Waals surface area contributed by atoms with Gasteiger partial charge in [0, 0.05) is 41.5 Å². The minimum Gasteiger partial charge on any atom is -0.326 e. The Morgan fingerprint density at radius 1 is 1.13 bits per heavy atom. The Labute approximate surface area is 233 Å². The monoisotopic (exact) mass is 546 g/mol. The lowest BCUT2D eigenvalue weighted by Crippen LogP contribution is -2.29. The van der Waals surface area contributed by atoms with Gasteiger partial charge < -0.3 is 10.6 Å². The van der Waals surface area contributed by atoms with E-state index in [0.29, 0.717) is 23.4 Å². The fourth-order valence-corrected chi connectivity index (χ4v) is 6.78. The maximum atomic E-state index is 13.3. The van der Waals surface area contributed by atoms with Gasteiger partial charge in [0.15, 0.2) is 0 Å². The van der Waals surface area contributed by atoms with E-state index in [1.807, 2.05) is 37.3 Å². The standard InChI is InChI=1S/C30H34N4O2S2/c1-3-5-14-28(35)32-22-12-9-13-23(17-22)37-26(4-2)29(36)33-30-25(18-31)24-15-16-34(20-27(24)38-30)19-21-10-7-6-8-11-21/h6-13,17,26H,3-5,14-16,19-20H2,1-2H3,(H,32,35)(H,33,36). The zero-order chi connectivity index (χ0) is 26.9. The van der Waals surface area contributed by atoms with Crippen molar-refractivity contribution < 1.29 is 9.59 Å². The maximum absolute atomic E-state index is 13.3. The molecular weight excluding hydrogens is 512 g/mol. The third kappa shape index (κ3) is 7.25. The molecule has 0 saturated carbocycles. The third-order valence-corrected chi connectivity index (χ3v) is 9.04. The molecule has 2 heterocycles. The fraction of sp³-hybridized carbons (Fsp3) is 0.367. The van der Waals surface area contributed by atoms with Gasteiger partial charge in [-0.3, -0.25) is 14.5 Å². The second-order valence-corrected chi connectivity index (χ2v) is 11.8. The number of thiophene rings is 1. The van der Waals surface area contributed by atoms with Gasteiger partial charge in [-0.2, -0.15) is 5.26 Å². The second kappa shape index (κ2) is 13.6. The summed E-state index contributed by atoms with van der Waals surface area (Å²) < 4.78 is 0. The summed E-state index contributed by atoms with van der Waals surface area (Å²) >= 11 is 3.00. The van der Waals surface area contributed by atoms with E-state index in [9.17, 15) is 14.9 Å². The van der Waals surface area contributed by atoms with Gasteiger partial charge in [-0.25, -0.2) is 0 Å². The Morgan fingerprint density at radius 2 is 1.95 bits per heavy atom. The van der Waals surface area contributed by atoms with Crippen LogP contribution in [0, 0.1) is 11.3 Å². The number of unbranched alkanes of at least 4 members (excludes halogenated alkanes) is 1. The van der Waals surface area contributed by atoms with Crippen LogP contribution in [0.4, 0.5) is 10.7 Å². The van der Waals surface area contributed by atoms with Crippen molar-refractivity contribution in [1.82, 2.24) is 4.90 Å². The number of nitrogens with one attached hydrogen (secondary N) is 2. The number of fused-ring (bicyclic) bond motifs is 1. The number of amides is 2. The van der Waals surface area contributed by atoms with Crippen molar-refractivity contribution in [3.05, 3.63) is 76.2 Å². The number of rotatable bonds is 11. The molecule has 8 heteroatoms. The summed E-state index contributed by atoms with van der Waals surface area (Å²) in [6, 6.07) is 20.4. The Balaban J connectivity index is 1.41. The summed E-state index contributed by atoms with van der Waals surface area (Å²) in [7, 11) is 0. The summed E-state index contributed by atoms with van der Waals surface area (Å²) in [6.07, 6.45) is 3.79. The number of carbonyl (C=O) groups excluding carboxylic acids is 2. The van der Waals surface area contributed by atoms with Crippen molar-refractivity contribution in [1.29, 1.82) is 5.26 Å². The van der Waals surface area contributed by atoms with Crippen LogP contribution in [0.1, 0.15) is 61.1 Å². The summed E-state index contributed by atoms with van der Waals surface area (Å²) in [5, 5.41) is 16.3. The molecule has 38 heavy (non-hydrogen) atoms. The van der Waals surface area contributed by atoms with Crippen LogP contribution in [-0.2, 0) is 29.1 Å². The van der Waals surface area contributed by atoms with E-state index in [-0.39, 0.29) is 17.1 Å². The Morgan fingerprint density at radius 3 is 2.68 bits per heavy atom. The highest BCUT2D eigenvalue weighted by Crippen LogP contribution is 2.38. The van der Waals surface area contributed by atoms with Gasteiger partial charge in [0.05, 0.1) is 10.8 Å².